The van der Waals surface area contributed by atoms with E-state index in [1.54, 1.807) is 18.0 Å². The number of amides is 1. The Balaban J connectivity index is 1.55. The molecule has 5 nitrogen and oxygen atoms in total. The smallest absolute Gasteiger partial charge is 0.246 e. The topological polar surface area (TPSA) is 59.2 Å². The minimum atomic E-state index is 0.0300. The minimum absolute atomic E-state index is 0.0300. The fourth-order valence-electron chi connectivity index (χ4n) is 2.98. The number of hydrogen-bond donors (Lipinski definition) is 0. The third-order valence-electron chi connectivity index (χ3n) is 4.83. The first-order valence-electron chi connectivity index (χ1n) is 9.65. The fraction of sp³-hybridized carbons (Fsp3) is 0.348. The Morgan fingerprint density at radius 1 is 1.10 bits per heavy atom. The SMILES string of the molecule is CN(Cc1nc(-c2ccccc2Cl)no1)C(=O)CCc1ccc(C(C)(C)C)cc1. The van der Waals surface area contributed by atoms with Crippen LogP contribution in [0.2, 0.25) is 5.02 Å². The molecule has 0 bridgehead atoms. The van der Waals surface area contributed by atoms with Crippen LogP contribution >= 0.6 is 11.6 Å². The van der Waals surface area contributed by atoms with Crippen molar-refractivity contribution in [1.82, 2.24) is 15.0 Å². The van der Waals surface area contributed by atoms with Gasteiger partial charge in [0.1, 0.15) is 0 Å². The Bertz CT molecular complexity index is 974. The molecule has 6 heteroatoms. The zero-order valence-electron chi connectivity index (χ0n) is 17.3. The molecule has 0 N–H and O–H groups in total. The lowest BCUT2D eigenvalue weighted by atomic mass is 9.86. The van der Waals surface area contributed by atoms with Gasteiger partial charge in [-0.3, -0.25) is 4.79 Å². The lowest BCUT2D eigenvalue weighted by Gasteiger charge is -2.19. The lowest BCUT2D eigenvalue weighted by Crippen LogP contribution is -2.26. The molecule has 0 atom stereocenters. The molecule has 3 aromatic rings. The highest BCUT2D eigenvalue weighted by Gasteiger charge is 2.16. The van der Waals surface area contributed by atoms with Gasteiger partial charge in [0.15, 0.2) is 0 Å². The van der Waals surface area contributed by atoms with E-state index in [4.69, 9.17) is 16.1 Å². The maximum absolute atomic E-state index is 12.5. The van der Waals surface area contributed by atoms with Crippen LogP contribution in [-0.4, -0.2) is 28.0 Å². The number of carbonyl (C=O) groups excluding carboxylic acids is 1. The molecule has 0 saturated carbocycles. The van der Waals surface area contributed by atoms with Gasteiger partial charge in [-0.1, -0.05) is 73.9 Å². The zero-order valence-corrected chi connectivity index (χ0v) is 18.0. The molecule has 1 amide bonds. The van der Waals surface area contributed by atoms with Gasteiger partial charge in [-0.05, 0) is 35.1 Å². The van der Waals surface area contributed by atoms with Gasteiger partial charge in [-0.2, -0.15) is 4.98 Å². The standard InChI is InChI=1S/C23H26ClN3O2/c1-23(2,3)17-12-9-16(10-13-17)11-14-21(28)27(4)15-20-25-22(26-29-20)18-7-5-6-8-19(18)24/h5-10,12-13H,11,14-15H2,1-4H3. The van der Waals surface area contributed by atoms with Crippen molar-refractivity contribution in [2.75, 3.05) is 7.05 Å². The Labute approximate surface area is 176 Å². The quantitative estimate of drug-likeness (QED) is 0.553. The molecule has 1 aromatic heterocycles. The molecule has 29 heavy (non-hydrogen) atoms. The van der Waals surface area contributed by atoms with Gasteiger partial charge in [0.05, 0.1) is 11.6 Å². The fourth-order valence-corrected chi connectivity index (χ4v) is 3.20. The van der Waals surface area contributed by atoms with Crippen molar-refractivity contribution in [3.05, 3.63) is 70.6 Å². The first-order chi connectivity index (χ1) is 13.7. The normalized spacial score (nSPS) is 11.5. The first-order valence-corrected chi connectivity index (χ1v) is 10.0. The maximum atomic E-state index is 12.5. The van der Waals surface area contributed by atoms with Crippen molar-refractivity contribution in [2.24, 2.45) is 0 Å². The highest BCUT2D eigenvalue weighted by atomic mass is 35.5. The van der Waals surface area contributed by atoms with Gasteiger partial charge >= 0.3 is 0 Å². The molecule has 2 aromatic carbocycles. The molecule has 0 fully saturated rings. The first kappa shape index (κ1) is 21.1. The summed E-state index contributed by atoms with van der Waals surface area (Å²) in [5.74, 6) is 0.832. The van der Waals surface area contributed by atoms with E-state index >= 15 is 0 Å². The second-order valence-electron chi connectivity index (χ2n) is 8.19. The third kappa shape index (κ3) is 5.45. The highest BCUT2D eigenvalue weighted by molar-refractivity contribution is 6.33. The van der Waals surface area contributed by atoms with Gasteiger partial charge < -0.3 is 9.42 Å². The van der Waals surface area contributed by atoms with Gasteiger partial charge in [0.25, 0.3) is 0 Å². The van der Waals surface area contributed by atoms with Gasteiger partial charge in [-0.15, -0.1) is 0 Å². The number of aromatic nitrogens is 2. The van der Waals surface area contributed by atoms with E-state index in [1.807, 2.05) is 18.2 Å². The average molecular weight is 412 g/mol. The van der Waals surface area contributed by atoms with E-state index in [2.05, 4.69) is 55.2 Å². The summed E-state index contributed by atoms with van der Waals surface area (Å²) < 4.78 is 5.29. The molecular formula is C23H26ClN3O2. The van der Waals surface area contributed by atoms with Crippen LogP contribution in [0.15, 0.2) is 53.1 Å². The number of rotatable bonds is 6. The zero-order chi connectivity index (χ0) is 21.0. The predicted octanol–water partition coefficient (Wildman–Crippen LogP) is 5.28. The Morgan fingerprint density at radius 2 is 1.79 bits per heavy atom. The molecule has 3 rings (SSSR count). The molecular weight excluding hydrogens is 386 g/mol. The lowest BCUT2D eigenvalue weighted by molar-refractivity contribution is -0.130. The van der Waals surface area contributed by atoms with Crippen LogP contribution in [-0.2, 0) is 23.2 Å². The average Bonchev–Trinajstić information content (AvgIpc) is 3.14. The Morgan fingerprint density at radius 3 is 2.45 bits per heavy atom. The largest absolute Gasteiger partial charge is 0.337 e. The number of carbonyl (C=O) groups is 1. The van der Waals surface area contributed by atoms with E-state index in [1.165, 1.54) is 5.56 Å². The van der Waals surface area contributed by atoms with Crippen molar-refractivity contribution in [3.8, 4) is 11.4 Å². The van der Waals surface area contributed by atoms with E-state index in [0.717, 1.165) is 5.56 Å². The molecule has 0 unspecified atom stereocenters. The second-order valence-corrected chi connectivity index (χ2v) is 8.60. The van der Waals surface area contributed by atoms with Crippen molar-refractivity contribution in [3.63, 3.8) is 0 Å². The molecule has 0 saturated heterocycles. The number of nitrogens with zero attached hydrogens (tertiary/aromatic N) is 3. The number of halogens is 1. The van der Waals surface area contributed by atoms with Crippen LogP contribution in [0.5, 0.6) is 0 Å². The van der Waals surface area contributed by atoms with Crippen LogP contribution in [0.25, 0.3) is 11.4 Å². The van der Waals surface area contributed by atoms with Crippen LogP contribution in [0.1, 0.15) is 44.2 Å². The summed E-state index contributed by atoms with van der Waals surface area (Å²) in [6, 6.07) is 15.8. The summed E-state index contributed by atoms with van der Waals surface area (Å²) in [5, 5.41) is 4.53. The summed E-state index contributed by atoms with van der Waals surface area (Å²) in [5.41, 5.74) is 3.27. The number of aryl methyl sites for hydroxylation is 1. The van der Waals surface area contributed by atoms with Crippen molar-refractivity contribution in [2.45, 2.75) is 45.6 Å². The van der Waals surface area contributed by atoms with E-state index in [-0.39, 0.29) is 17.9 Å². The number of hydrogen-bond acceptors (Lipinski definition) is 4. The monoisotopic (exact) mass is 411 g/mol. The Kier molecular flexibility index (Phi) is 6.38. The molecule has 0 radical (unpaired) electrons. The summed E-state index contributed by atoms with van der Waals surface area (Å²) in [6.45, 7) is 6.83. The summed E-state index contributed by atoms with van der Waals surface area (Å²) in [7, 11) is 1.74. The van der Waals surface area contributed by atoms with Crippen LogP contribution < -0.4 is 0 Å². The van der Waals surface area contributed by atoms with Gasteiger partial charge in [-0.25, -0.2) is 0 Å². The predicted molar refractivity (Wildman–Crippen MR) is 115 cm³/mol. The molecule has 1 heterocycles. The molecule has 0 aliphatic rings. The highest BCUT2D eigenvalue weighted by Crippen LogP contribution is 2.25. The summed E-state index contributed by atoms with van der Waals surface area (Å²) in [4.78, 5) is 18.5. The molecule has 0 aliphatic heterocycles. The second kappa shape index (κ2) is 8.78. The molecule has 152 valence electrons. The summed E-state index contributed by atoms with van der Waals surface area (Å²) in [6.07, 6.45) is 1.12. The van der Waals surface area contributed by atoms with Crippen molar-refractivity contribution >= 4 is 17.5 Å². The molecule has 0 spiro atoms. The van der Waals surface area contributed by atoms with Gasteiger partial charge in [0, 0.05) is 19.0 Å². The van der Waals surface area contributed by atoms with Crippen LogP contribution in [0.4, 0.5) is 0 Å². The minimum Gasteiger partial charge on any atom is -0.337 e. The van der Waals surface area contributed by atoms with E-state index in [9.17, 15) is 4.79 Å². The van der Waals surface area contributed by atoms with Gasteiger partial charge in [0.2, 0.25) is 17.6 Å². The van der Waals surface area contributed by atoms with Crippen LogP contribution in [0, 0.1) is 0 Å². The van der Waals surface area contributed by atoms with E-state index in [0.29, 0.717) is 35.1 Å². The Hall–Kier alpha value is -2.66. The van der Waals surface area contributed by atoms with Crippen LogP contribution in [0.3, 0.4) is 0 Å². The number of benzene rings is 2. The molecule has 0 aliphatic carbocycles. The van der Waals surface area contributed by atoms with E-state index < -0.39 is 0 Å². The van der Waals surface area contributed by atoms with Crippen molar-refractivity contribution < 1.29 is 9.32 Å². The summed E-state index contributed by atoms with van der Waals surface area (Å²) >= 11 is 6.17. The van der Waals surface area contributed by atoms with Crippen molar-refractivity contribution in [1.29, 1.82) is 0 Å². The maximum Gasteiger partial charge on any atom is 0.246 e. The third-order valence-corrected chi connectivity index (χ3v) is 5.16.